The molecule has 0 aromatic heterocycles. The third-order valence-corrected chi connectivity index (χ3v) is 2.67. The van der Waals surface area contributed by atoms with Crippen LogP contribution in [0, 0.1) is 6.92 Å². The highest BCUT2D eigenvalue weighted by atomic mass is 35.5. The lowest BCUT2D eigenvalue weighted by molar-refractivity contribution is -0.132. The lowest BCUT2D eigenvalue weighted by atomic mass is 10.1. The molecular weight excluding hydrogens is 260 g/mol. The fourth-order valence-corrected chi connectivity index (χ4v) is 1.90. The summed E-state index contributed by atoms with van der Waals surface area (Å²) in [6.45, 7) is 1.51. The highest BCUT2D eigenvalue weighted by Gasteiger charge is 2.17. The van der Waals surface area contributed by atoms with Gasteiger partial charge in [-0.15, -0.1) is 11.6 Å². The van der Waals surface area contributed by atoms with Crippen LogP contribution in [-0.4, -0.2) is 36.2 Å². The van der Waals surface area contributed by atoms with Crippen molar-refractivity contribution >= 4 is 17.5 Å². The van der Waals surface area contributed by atoms with Crippen LogP contribution >= 0.6 is 11.6 Å². The van der Waals surface area contributed by atoms with Gasteiger partial charge in [-0.2, -0.15) is 0 Å². The van der Waals surface area contributed by atoms with Gasteiger partial charge in [-0.05, 0) is 12.5 Å². The van der Waals surface area contributed by atoms with Crippen molar-refractivity contribution in [2.24, 2.45) is 0 Å². The molecular formula is C13H16ClF2NO. The Kier molecular flexibility index (Phi) is 6.05. The quantitative estimate of drug-likeness (QED) is 0.731. The summed E-state index contributed by atoms with van der Waals surface area (Å²) in [5.74, 6) is -0.159. The van der Waals surface area contributed by atoms with Crippen molar-refractivity contribution in [3.63, 3.8) is 0 Å². The van der Waals surface area contributed by atoms with Crippen LogP contribution in [-0.2, 0) is 11.2 Å². The van der Waals surface area contributed by atoms with Gasteiger partial charge >= 0.3 is 0 Å². The van der Waals surface area contributed by atoms with E-state index < -0.39 is 13.0 Å². The van der Waals surface area contributed by atoms with Gasteiger partial charge in [-0.1, -0.05) is 29.8 Å². The Morgan fingerprint density at radius 3 is 2.72 bits per heavy atom. The lowest BCUT2D eigenvalue weighted by Crippen LogP contribution is -2.37. The first-order chi connectivity index (χ1) is 8.52. The normalized spacial score (nSPS) is 10.7. The van der Waals surface area contributed by atoms with Crippen LogP contribution in [0.15, 0.2) is 24.3 Å². The van der Waals surface area contributed by atoms with E-state index in [1.165, 1.54) is 0 Å². The molecule has 0 saturated carbocycles. The number of hydrogen-bond acceptors (Lipinski definition) is 1. The second kappa shape index (κ2) is 7.31. The maximum absolute atomic E-state index is 12.3. The van der Waals surface area contributed by atoms with Crippen molar-refractivity contribution in [1.29, 1.82) is 0 Å². The molecule has 5 heteroatoms. The zero-order valence-corrected chi connectivity index (χ0v) is 11.0. The Labute approximate surface area is 111 Å². The van der Waals surface area contributed by atoms with E-state index in [1.54, 1.807) is 0 Å². The number of hydrogen-bond donors (Lipinski definition) is 0. The molecule has 1 aromatic carbocycles. The van der Waals surface area contributed by atoms with E-state index in [0.717, 1.165) is 16.0 Å². The molecule has 0 aliphatic heterocycles. The fraction of sp³-hybridized carbons (Fsp3) is 0.462. The molecule has 0 N–H and O–H groups in total. The van der Waals surface area contributed by atoms with Gasteiger partial charge in [-0.25, -0.2) is 8.78 Å². The number of halogens is 3. The molecule has 1 rings (SSSR count). The van der Waals surface area contributed by atoms with Crippen LogP contribution in [0.2, 0.25) is 0 Å². The number of aryl methyl sites for hydroxylation is 1. The van der Waals surface area contributed by atoms with E-state index in [-0.39, 0.29) is 24.8 Å². The van der Waals surface area contributed by atoms with Crippen molar-refractivity contribution < 1.29 is 13.6 Å². The molecule has 0 spiro atoms. The molecule has 0 bridgehead atoms. The molecule has 0 radical (unpaired) electrons. The van der Waals surface area contributed by atoms with E-state index in [0.29, 0.717) is 0 Å². The van der Waals surface area contributed by atoms with E-state index >= 15 is 0 Å². The van der Waals surface area contributed by atoms with Crippen molar-refractivity contribution in [2.45, 2.75) is 19.8 Å². The first-order valence-electron chi connectivity index (χ1n) is 5.70. The largest absolute Gasteiger partial charge is 0.335 e. The Morgan fingerprint density at radius 1 is 1.44 bits per heavy atom. The molecule has 0 aliphatic rings. The Hall–Kier alpha value is -1.16. The Morgan fingerprint density at radius 2 is 2.17 bits per heavy atom. The standard InChI is InChI=1S/C13H16ClF2NO/c1-10-3-2-4-11(7-10)8-13(18)17(6-5-14)9-12(15)16/h2-4,7,12H,5-6,8-9H2,1H3. The number of rotatable bonds is 6. The molecule has 100 valence electrons. The number of nitrogens with zero attached hydrogens (tertiary/aromatic N) is 1. The van der Waals surface area contributed by atoms with Gasteiger partial charge in [0.15, 0.2) is 0 Å². The third kappa shape index (κ3) is 5.00. The van der Waals surface area contributed by atoms with Gasteiger partial charge in [0, 0.05) is 12.4 Å². The monoisotopic (exact) mass is 275 g/mol. The van der Waals surface area contributed by atoms with Crippen molar-refractivity contribution in [3.05, 3.63) is 35.4 Å². The highest BCUT2D eigenvalue weighted by Crippen LogP contribution is 2.08. The van der Waals surface area contributed by atoms with Gasteiger partial charge in [0.2, 0.25) is 5.91 Å². The maximum atomic E-state index is 12.3. The predicted molar refractivity (Wildman–Crippen MR) is 68.2 cm³/mol. The van der Waals surface area contributed by atoms with E-state index in [2.05, 4.69) is 0 Å². The molecule has 0 atom stereocenters. The van der Waals surface area contributed by atoms with Gasteiger partial charge < -0.3 is 4.90 Å². The summed E-state index contributed by atoms with van der Waals surface area (Å²) in [5.41, 5.74) is 1.87. The third-order valence-electron chi connectivity index (χ3n) is 2.50. The van der Waals surface area contributed by atoms with Crippen LogP contribution in [0.5, 0.6) is 0 Å². The first kappa shape index (κ1) is 14.9. The zero-order chi connectivity index (χ0) is 13.5. The number of carbonyl (C=O) groups is 1. The summed E-state index contributed by atoms with van der Waals surface area (Å²) in [4.78, 5) is 13.0. The number of amides is 1. The van der Waals surface area contributed by atoms with Gasteiger partial charge in [0.05, 0.1) is 13.0 Å². The van der Waals surface area contributed by atoms with Crippen LogP contribution in [0.25, 0.3) is 0 Å². The second-order valence-corrected chi connectivity index (χ2v) is 4.46. The Bertz CT molecular complexity index is 398. The molecule has 0 unspecified atom stereocenters. The molecule has 0 aliphatic carbocycles. The summed E-state index contributed by atoms with van der Waals surface area (Å²) in [6, 6.07) is 7.45. The topological polar surface area (TPSA) is 20.3 Å². The van der Waals surface area contributed by atoms with Crippen molar-refractivity contribution in [1.82, 2.24) is 4.90 Å². The average molecular weight is 276 g/mol. The van der Waals surface area contributed by atoms with E-state index in [1.807, 2.05) is 31.2 Å². The summed E-state index contributed by atoms with van der Waals surface area (Å²) in [5, 5.41) is 0. The number of benzene rings is 1. The summed E-state index contributed by atoms with van der Waals surface area (Å²) in [6.07, 6.45) is -2.40. The zero-order valence-electron chi connectivity index (χ0n) is 10.2. The summed E-state index contributed by atoms with van der Waals surface area (Å²) in [7, 11) is 0. The summed E-state index contributed by atoms with van der Waals surface area (Å²) >= 11 is 5.51. The van der Waals surface area contributed by atoms with Crippen molar-refractivity contribution in [2.75, 3.05) is 19.0 Å². The molecule has 0 saturated heterocycles. The minimum Gasteiger partial charge on any atom is -0.335 e. The minimum absolute atomic E-state index is 0.130. The highest BCUT2D eigenvalue weighted by molar-refractivity contribution is 6.18. The fourth-order valence-electron chi connectivity index (χ4n) is 1.69. The molecule has 0 heterocycles. The average Bonchev–Trinajstić information content (AvgIpc) is 2.27. The van der Waals surface area contributed by atoms with Gasteiger partial charge in [0.25, 0.3) is 6.43 Å². The lowest BCUT2D eigenvalue weighted by Gasteiger charge is -2.21. The van der Waals surface area contributed by atoms with Gasteiger partial charge in [0.1, 0.15) is 0 Å². The van der Waals surface area contributed by atoms with Crippen LogP contribution in [0.3, 0.4) is 0 Å². The molecule has 2 nitrogen and oxygen atoms in total. The van der Waals surface area contributed by atoms with Gasteiger partial charge in [-0.3, -0.25) is 4.79 Å². The smallest absolute Gasteiger partial charge is 0.255 e. The molecule has 0 fully saturated rings. The van der Waals surface area contributed by atoms with Crippen LogP contribution in [0.4, 0.5) is 8.78 Å². The second-order valence-electron chi connectivity index (χ2n) is 4.09. The SMILES string of the molecule is Cc1cccc(CC(=O)N(CCCl)CC(F)F)c1. The van der Waals surface area contributed by atoms with E-state index in [4.69, 9.17) is 11.6 Å². The van der Waals surface area contributed by atoms with Crippen LogP contribution in [0.1, 0.15) is 11.1 Å². The summed E-state index contributed by atoms with van der Waals surface area (Å²) < 4.78 is 24.7. The van der Waals surface area contributed by atoms with E-state index in [9.17, 15) is 13.6 Å². The minimum atomic E-state index is -2.53. The number of alkyl halides is 3. The molecule has 1 aromatic rings. The molecule has 1 amide bonds. The Balaban J connectivity index is 2.66. The predicted octanol–water partition coefficient (Wildman–Crippen LogP) is 2.87. The van der Waals surface area contributed by atoms with Crippen molar-refractivity contribution in [3.8, 4) is 0 Å². The maximum Gasteiger partial charge on any atom is 0.255 e. The first-order valence-corrected chi connectivity index (χ1v) is 6.24. The molecule has 18 heavy (non-hydrogen) atoms. The number of carbonyl (C=O) groups excluding carboxylic acids is 1. The van der Waals surface area contributed by atoms with Crippen LogP contribution < -0.4 is 0 Å².